The summed E-state index contributed by atoms with van der Waals surface area (Å²) in [6.45, 7) is 1.25. The molecule has 0 radical (unpaired) electrons. The van der Waals surface area contributed by atoms with Gasteiger partial charge in [0.25, 0.3) is 0 Å². The van der Waals surface area contributed by atoms with Crippen molar-refractivity contribution in [2.45, 2.75) is 25.0 Å². The first-order valence-electron chi connectivity index (χ1n) is 6.17. The fraction of sp³-hybridized carbons (Fsp3) is 0.615. The lowest BCUT2D eigenvalue weighted by atomic mass is 9.73. The highest BCUT2D eigenvalue weighted by Crippen LogP contribution is 2.71. The van der Waals surface area contributed by atoms with Crippen molar-refractivity contribution in [3.63, 3.8) is 0 Å². The summed E-state index contributed by atoms with van der Waals surface area (Å²) in [6, 6.07) is 4.30. The molecule has 3 nitrogen and oxygen atoms in total. The first-order valence-corrected chi connectivity index (χ1v) is 6.55. The molecule has 2 heterocycles. The van der Waals surface area contributed by atoms with Crippen LogP contribution in [0.1, 0.15) is 12.8 Å². The number of hydrogen-bond donors (Lipinski definition) is 0. The fourth-order valence-electron chi connectivity index (χ4n) is 3.95. The number of pyridine rings is 1. The van der Waals surface area contributed by atoms with Crippen molar-refractivity contribution in [2.24, 2.45) is 11.3 Å². The normalized spacial score (nSPS) is 42.6. The van der Waals surface area contributed by atoms with Crippen molar-refractivity contribution >= 4 is 11.6 Å². The fourth-order valence-corrected chi connectivity index (χ4v) is 4.06. The van der Waals surface area contributed by atoms with Gasteiger partial charge in [-0.2, -0.15) is 0 Å². The van der Waals surface area contributed by atoms with E-state index in [0.29, 0.717) is 28.5 Å². The Morgan fingerprint density at radius 1 is 1.47 bits per heavy atom. The van der Waals surface area contributed by atoms with Crippen LogP contribution in [0.2, 0.25) is 5.02 Å². The van der Waals surface area contributed by atoms with E-state index in [9.17, 15) is 0 Å². The predicted octanol–water partition coefficient (Wildman–Crippen LogP) is 2.21. The van der Waals surface area contributed by atoms with Gasteiger partial charge in [-0.15, -0.1) is 0 Å². The summed E-state index contributed by atoms with van der Waals surface area (Å²) >= 11 is 5.81. The molecular weight excluding hydrogens is 236 g/mol. The lowest BCUT2D eigenvalue weighted by molar-refractivity contribution is -0.0340. The van der Waals surface area contributed by atoms with E-state index in [1.807, 2.05) is 12.1 Å². The molecule has 3 aliphatic rings. The van der Waals surface area contributed by atoms with Crippen LogP contribution in [0.3, 0.4) is 0 Å². The Hall–Kier alpha value is -0.800. The van der Waals surface area contributed by atoms with Gasteiger partial charge in [-0.3, -0.25) is 4.90 Å². The average Bonchev–Trinajstić information content (AvgIpc) is 2.91. The standard InChI is InChI=1S/C13H15ClN2O/c1-16-7-8-4-13(8)5-10(12(13)16)17-11-3-2-9(14)6-15-11/h2-3,6,8,10,12H,4-5,7H2,1H3. The largest absolute Gasteiger partial charge is 0.473 e. The minimum Gasteiger partial charge on any atom is -0.473 e. The highest BCUT2D eigenvalue weighted by Gasteiger charge is 2.74. The summed E-state index contributed by atoms with van der Waals surface area (Å²) < 4.78 is 5.97. The van der Waals surface area contributed by atoms with E-state index < -0.39 is 0 Å². The van der Waals surface area contributed by atoms with Crippen molar-refractivity contribution in [1.29, 1.82) is 0 Å². The summed E-state index contributed by atoms with van der Waals surface area (Å²) in [7, 11) is 2.21. The van der Waals surface area contributed by atoms with Gasteiger partial charge in [0.05, 0.1) is 11.1 Å². The minimum atomic E-state index is 0.321. The van der Waals surface area contributed by atoms with Crippen LogP contribution >= 0.6 is 11.6 Å². The second kappa shape index (κ2) is 3.15. The van der Waals surface area contributed by atoms with Crippen molar-refractivity contribution in [1.82, 2.24) is 9.88 Å². The van der Waals surface area contributed by atoms with Crippen LogP contribution in [-0.4, -0.2) is 35.6 Å². The van der Waals surface area contributed by atoms with Gasteiger partial charge in [0.2, 0.25) is 5.88 Å². The van der Waals surface area contributed by atoms with Crippen LogP contribution < -0.4 is 4.74 Å². The molecule has 3 fully saturated rings. The third-order valence-corrected chi connectivity index (χ3v) is 4.98. The smallest absolute Gasteiger partial charge is 0.213 e. The Balaban J connectivity index is 1.49. The third-order valence-electron chi connectivity index (χ3n) is 4.76. The zero-order chi connectivity index (χ0) is 11.6. The second-order valence-electron chi connectivity index (χ2n) is 5.69. The molecule has 4 atom stereocenters. The molecule has 0 aromatic carbocycles. The van der Waals surface area contributed by atoms with Gasteiger partial charge < -0.3 is 4.74 Å². The molecule has 1 saturated heterocycles. The molecule has 0 bridgehead atoms. The van der Waals surface area contributed by atoms with Gasteiger partial charge in [-0.05, 0) is 37.3 Å². The van der Waals surface area contributed by atoms with E-state index >= 15 is 0 Å². The van der Waals surface area contributed by atoms with Crippen LogP contribution in [0.4, 0.5) is 0 Å². The maximum Gasteiger partial charge on any atom is 0.213 e. The van der Waals surface area contributed by atoms with E-state index in [1.165, 1.54) is 19.4 Å². The van der Waals surface area contributed by atoms with Gasteiger partial charge in [0.15, 0.2) is 0 Å². The molecule has 0 amide bonds. The number of rotatable bonds is 2. The highest BCUT2D eigenvalue weighted by molar-refractivity contribution is 6.30. The Kier molecular flexibility index (Phi) is 1.88. The minimum absolute atomic E-state index is 0.321. The number of hydrogen-bond acceptors (Lipinski definition) is 3. The second-order valence-corrected chi connectivity index (χ2v) is 6.13. The Morgan fingerprint density at radius 3 is 3.06 bits per heavy atom. The molecule has 1 spiro atoms. The molecule has 4 heteroatoms. The number of piperidine rings is 1. The molecule has 4 rings (SSSR count). The molecule has 2 saturated carbocycles. The van der Waals surface area contributed by atoms with Gasteiger partial charge in [0.1, 0.15) is 6.10 Å². The highest BCUT2D eigenvalue weighted by atomic mass is 35.5. The SMILES string of the molecule is CN1CC2CC23CC(Oc2ccc(Cl)cn2)C13. The number of aromatic nitrogens is 1. The average molecular weight is 251 g/mol. The Morgan fingerprint density at radius 2 is 2.35 bits per heavy atom. The molecule has 17 heavy (non-hydrogen) atoms. The molecule has 1 aliphatic heterocycles. The van der Waals surface area contributed by atoms with Gasteiger partial charge in [-0.25, -0.2) is 4.98 Å². The summed E-state index contributed by atoms with van der Waals surface area (Å²) in [6.07, 6.45) is 4.58. The Labute approximate surface area is 106 Å². The van der Waals surface area contributed by atoms with Gasteiger partial charge in [-0.1, -0.05) is 11.6 Å². The van der Waals surface area contributed by atoms with E-state index in [1.54, 1.807) is 6.20 Å². The first kappa shape index (κ1) is 10.2. The van der Waals surface area contributed by atoms with Gasteiger partial charge >= 0.3 is 0 Å². The molecule has 90 valence electrons. The molecule has 0 N–H and O–H groups in total. The summed E-state index contributed by atoms with van der Waals surface area (Å²) in [4.78, 5) is 6.66. The monoisotopic (exact) mass is 250 g/mol. The summed E-state index contributed by atoms with van der Waals surface area (Å²) in [5, 5.41) is 0.655. The predicted molar refractivity (Wildman–Crippen MR) is 65.2 cm³/mol. The van der Waals surface area contributed by atoms with E-state index in [4.69, 9.17) is 16.3 Å². The quantitative estimate of drug-likeness (QED) is 0.805. The van der Waals surface area contributed by atoms with Crippen molar-refractivity contribution in [3.8, 4) is 5.88 Å². The summed E-state index contributed by atoms with van der Waals surface area (Å²) in [5.41, 5.74) is 0.617. The van der Waals surface area contributed by atoms with E-state index in [-0.39, 0.29) is 0 Å². The number of nitrogens with zero attached hydrogens (tertiary/aromatic N) is 2. The Bertz CT molecular complexity index is 463. The zero-order valence-electron chi connectivity index (χ0n) is 9.77. The number of likely N-dealkylation sites (tertiary alicyclic amines) is 1. The lowest BCUT2D eigenvalue weighted by Crippen LogP contribution is -2.56. The molecule has 4 unspecified atom stereocenters. The van der Waals surface area contributed by atoms with E-state index in [0.717, 1.165) is 5.92 Å². The summed E-state index contributed by atoms with van der Waals surface area (Å²) in [5.74, 6) is 1.64. The van der Waals surface area contributed by atoms with Crippen LogP contribution in [-0.2, 0) is 0 Å². The van der Waals surface area contributed by atoms with E-state index in [2.05, 4.69) is 16.9 Å². The van der Waals surface area contributed by atoms with Crippen molar-refractivity contribution in [3.05, 3.63) is 23.4 Å². The third kappa shape index (κ3) is 1.30. The van der Waals surface area contributed by atoms with Crippen molar-refractivity contribution < 1.29 is 4.74 Å². The molecular formula is C13H15ClN2O. The molecule has 2 aliphatic carbocycles. The number of halogens is 1. The van der Waals surface area contributed by atoms with Crippen LogP contribution in [0.5, 0.6) is 5.88 Å². The van der Waals surface area contributed by atoms with Crippen LogP contribution in [0, 0.1) is 11.3 Å². The molecule has 1 aromatic rings. The number of ether oxygens (including phenoxy) is 1. The van der Waals surface area contributed by atoms with Gasteiger partial charge in [0, 0.05) is 18.8 Å². The van der Waals surface area contributed by atoms with Crippen LogP contribution in [0.25, 0.3) is 0 Å². The topological polar surface area (TPSA) is 25.4 Å². The maximum atomic E-state index is 5.97. The number of likely N-dealkylation sites (N-methyl/N-ethyl adjacent to an activating group) is 1. The first-order chi connectivity index (χ1) is 8.19. The van der Waals surface area contributed by atoms with Crippen molar-refractivity contribution in [2.75, 3.05) is 13.6 Å². The van der Waals surface area contributed by atoms with Crippen LogP contribution in [0.15, 0.2) is 18.3 Å². The zero-order valence-corrected chi connectivity index (χ0v) is 10.5. The maximum absolute atomic E-state index is 5.97. The lowest BCUT2D eigenvalue weighted by Gasteiger charge is -2.46. The molecule has 1 aromatic heterocycles.